The minimum atomic E-state index is -0.808. The number of hydrogen-bond donors (Lipinski definition) is 1. The SMILES string of the molecule is O=C1NC2(CCOCC2)C(=O)N1c1cccc(Cl)c1. The molecule has 0 saturated carbocycles. The van der Waals surface area contributed by atoms with Crippen LogP contribution in [0.25, 0.3) is 0 Å². The lowest BCUT2D eigenvalue weighted by Gasteiger charge is -2.30. The largest absolute Gasteiger partial charge is 0.381 e. The molecule has 5 nitrogen and oxygen atoms in total. The Morgan fingerprint density at radius 2 is 2.00 bits per heavy atom. The lowest BCUT2D eigenvalue weighted by molar-refractivity contribution is -0.125. The molecule has 1 aromatic carbocycles. The normalized spacial score (nSPS) is 21.8. The highest BCUT2D eigenvalue weighted by atomic mass is 35.5. The van der Waals surface area contributed by atoms with Gasteiger partial charge >= 0.3 is 6.03 Å². The van der Waals surface area contributed by atoms with Gasteiger partial charge in [0.05, 0.1) is 5.69 Å². The van der Waals surface area contributed by atoms with E-state index in [0.717, 1.165) is 4.90 Å². The molecule has 2 aliphatic heterocycles. The summed E-state index contributed by atoms with van der Waals surface area (Å²) in [6, 6.07) is 6.33. The van der Waals surface area contributed by atoms with E-state index in [-0.39, 0.29) is 5.91 Å². The number of imide groups is 1. The van der Waals surface area contributed by atoms with Crippen LogP contribution >= 0.6 is 11.6 Å². The van der Waals surface area contributed by atoms with E-state index >= 15 is 0 Å². The number of urea groups is 1. The summed E-state index contributed by atoms with van der Waals surface area (Å²) in [5, 5.41) is 3.29. The summed E-state index contributed by atoms with van der Waals surface area (Å²) in [5.41, 5.74) is -0.309. The second-order valence-corrected chi connectivity index (χ2v) is 5.18. The van der Waals surface area contributed by atoms with Gasteiger partial charge < -0.3 is 10.1 Å². The highest BCUT2D eigenvalue weighted by molar-refractivity contribution is 6.31. The summed E-state index contributed by atoms with van der Waals surface area (Å²) >= 11 is 5.91. The van der Waals surface area contributed by atoms with Crippen LogP contribution in [0, 0.1) is 0 Å². The van der Waals surface area contributed by atoms with Crippen molar-refractivity contribution in [3.63, 3.8) is 0 Å². The van der Waals surface area contributed by atoms with Crippen LogP contribution in [0.1, 0.15) is 12.8 Å². The third-order valence-electron chi connectivity index (χ3n) is 3.57. The van der Waals surface area contributed by atoms with Crippen molar-refractivity contribution in [2.24, 2.45) is 0 Å². The van der Waals surface area contributed by atoms with E-state index in [1.54, 1.807) is 24.3 Å². The number of nitrogens with zero attached hydrogens (tertiary/aromatic N) is 1. The van der Waals surface area contributed by atoms with Gasteiger partial charge in [0.1, 0.15) is 5.54 Å². The maximum absolute atomic E-state index is 12.5. The Morgan fingerprint density at radius 3 is 2.68 bits per heavy atom. The predicted molar refractivity (Wildman–Crippen MR) is 70.3 cm³/mol. The smallest absolute Gasteiger partial charge is 0.329 e. The van der Waals surface area contributed by atoms with Crippen LogP contribution in [0.2, 0.25) is 5.02 Å². The van der Waals surface area contributed by atoms with Crippen LogP contribution in [-0.2, 0) is 9.53 Å². The van der Waals surface area contributed by atoms with E-state index < -0.39 is 11.6 Å². The summed E-state index contributed by atoms with van der Waals surface area (Å²) in [5.74, 6) is -0.219. The molecule has 1 spiro atoms. The van der Waals surface area contributed by atoms with Gasteiger partial charge in [-0.1, -0.05) is 17.7 Å². The molecule has 3 rings (SSSR count). The van der Waals surface area contributed by atoms with Crippen molar-refractivity contribution in [1.29, 1.82) is 0 Å². The first-order valence-electron chi connectivity index (χ1n) is 6.12. The lowest BCUT2D eigenvalue weighted by atomic mass is 9.90. The highest BCUT2D eigenvalue weighted by Crippen LogP contribution is 2.32. The van der Waals surface area contributed by atoms with Crippen LogP contribution in [-0.4, -0.2) is 30.7 Å². The summed E-state index contributed by atoms with van der Waals surface area (Å²) in [6.07, 6.45) is 1.02. The molecule has 2 fully saturated rings. The molecular weight excluding hydrogens is 268 g/mol. The Labute approximate surface area is 115 Å². The molecular formula is C13H13ClN2O3. The number of rotatable bonds is 1. The fourth-order valence-electron chi connectivity index (χ4n) is 2.53. The van der Waals surface area contributed by atoms with Crippen molar-refractivity contribution < 1.29 is 14.3 Å². The summed E-state index contributed by atoms with van der Waals surface area (Å²) < 4.78 is 5.26. The number of carbonyl (C=O) groups is 2. The van der Waals surface area contributed by atoms with Crippen molar-refractivity contribution >= 4 is 29.2 Å². The van der Waals surface area contributed by atoms with Gasteiger partial charge in [-0.2, -0.15) is 0 Å². The Balaban J connectivity index is 1.95. The lowest BCUT2D eigenvalue weighted by Crippen LogP contribution is -2.51. The van der Waals surface area contributed by atoms with E-state index in [2.05, 4.69) is 5.32 Å². The van der Waals surface area contributed by atoms with Gasteiger partial charge in [0.25, 0.3) is 5.91 Å². The topological polar surface area (TPSA) is 58.6 Å². The molecule has 19 heavy (non-hydrogen) atoms. The molecule has 3 amide bonds. The first-order chi connectivity index (χ1) is 9.12. The predicted octanol–water partition coefficient (Wildman–Crippen LogP) is 1.95. The molecule has 0 atom stereocenters. The average molecular weight is 281 g/mol. The van der Waals surface area contributed by atoms with E-state index in [9.17, 15) is 9.59 Å². The average Bonchev–Trinajstić information content (AvgIpc) is 2.62. The maximum atomic E-state index is 12.5. The summed E-state index contributed by atoms with van der Waals surface area (Å²) in [7, 11) is 0. The third-order valence-corrected chi connectivity index (χ3v) is 3.81. The Hall–Kier alpha value is -1.59. The first-order valence-corrected chi connectivity index (χ1v) is 6.50. The van der Waals surface area contributed by atoms with Crippen molar-refractivity contribution in [1.82, 2.24) is 5.32 Å². The number of ether oxygens (including phenoxy) is 1. The van der Waals surface area contributed by atoms with Gasteiger partial charge in [-0.05, 0) is 18.2 Å². The van der Waals surface area contributed by atoms with Crippen molar-refractivity contribution in [2.75, 3.05) is 18.1 Å². The number of nitrogens with one attached hydrogen (secondary N) is 1. The number of amides is 3. The number of carbonyl (C=O) groups excluding carboxylic acids is 2. The number of hydrogen-bond acceptors (Lipinski definition) is 3. The Morgan fingerprint density at radius 1 is 1.26 bits per heavy atom. The molecule has 6 heteroatoms. The number of benzene rings is 1. The van der Waals surface area contributed by atoms with E-state index in [1.165, 1.54) is 0 Å². The molecule has 2 heterocycles. The fraction of sp³-hybridized carbons (Fsp3) is 0.385. The van der Waals surface area contributed by atoms with Gasteiger partial charge in [0.2, 0.25) is 0 Å². The van der Waals surface area contributed by atoms with Gasteiger partial charge in [0.15, 0.2) is 0 Å². The summed E-state index contributed by atoms with van der Waals surface area (Å²) in [4.78, 5) is 25.8. The van der Waals surface area contributed by atoms with Gasteiger partial charge in [-0.25, -0.2) is 9.69 Å². The molecule has 0 aliphatic carbocycles. The Bertz CT molecular complexity index is 540. The highest BCUT2D eigenvalue weighted by Gasteiger charge is 2.52. The van der Waals surface area contributed by atoms with E-state index in [4.69, 9.17) is 16.3 Å². The summed E-state index contributed by atoms with van der Waals surface area (Å²) in [6.45, 7) is 0.963. The van der Waals surface area contributed by atoms with Gasteiger partial charge in [-0.3, -0.25) is 4.79 Å². The van der Waals surface area contributed by atoms with Crippen molar-refractivity contribution in [2.45, 2.75) is 18.4 Å². The second kappa shape index (κ2) is 4.51. The molecule has 0 aromatic heterocycles. The molecule has 1 N–H and O–H groups in total. The standard InChI is InChI=1S/C13H13ClN2O3/c14-9-2-1-3-10(8-9)16-11(17)13(15-12(16)18)4-6-19-7-5-13/h1-3,8H,4-7H2,(H,15,18). The quantitative estimate of drug-likeness (QED) is 0.800. The van der Waals surface area contributed by atoms with Crippen LogP contribution in [0.3, 0.4) is 0 Å². The minimum Gasteiger partial charge on any atom is -0.381 e. The maximum Gasteiger partial charge on any atom is 0.329 e. The second-order valence-electron chi connectivity index (χ2n) is 4.75. The van der Waals surface area contributed by atoms with Crippen molar-refractivity contribution in [3.8, 4) is 0 Å². The van der Waals surface area contributed by atoms with Crippen LogP contribution < -0.4 is 10.2 Å². The monoisotopic (exact) mass is 280 g/mol. The minimum absolute atomic E-state index is 0.219. The molecule has 0 unspecified atom stereocenters. The zero-order valence-corrected chi connectivity index (χ0v) is 10.9. The van der Waals surface area contributed by atoms with Crippen molar-refractivity contribution in [3.05, 3.63) is 29.3 Å². The first kappa shape index (κ1) is 12.4. The molecule has 0 radical (unpaired) electrons. The molecule has 0 bridgehead atoms. The molecule has 2 saturated heterocycles. The third kappa shape index (κ3) is 1.99. The van der Waals surface area contributed by atoms with Crippen LogP contribution in [0.15, 0.2) is 24.3 Å². The number of halogens is 1. The Kier molecular flexibility index (Phi) is 2.95. The number of anilines is 1. The molecule has 100 valence electrons. The van der Waals surface area contributed by atoms with E-state index in [0.29, 0.717) is 36.8 Å². The van der Waals surface area contributed by atoms with Gasteiger partial charge in [0, 0.05) is 31.1 Å². The molecule has 1 aromatic rings. The zero-order chi connectivity index (χ0) is 13.5. The van der Waals surface area contributed by atoms with E-state index in [1.807, 2.05) is 0 Å². The fourth-order valence-corrected chi connectivity index (χ4v) is 2.71. The van der Waals surface area contributed by atoms with Crippen LogP contribution in [0.4, 0.5) is 10.5 Å². The zero-order valence-electron chi connectivity index (χ0n) is 10.2. The van der Waals surface area contributed by atoms with Gasteiger partial charge in [-0.15, -0.1) is 0 Å². The van der Waals surface area contributed by atoms with Crippen LogP contribution in [0.5, 0.6) is 0 Å². The molecule has 2 aliphatic rings.